The smallest absolute Gasteiger partial charge is 0.412 e. The van der Waals surface area contributed by atoms with Gasteiger partial charge in [-0.3, -0.25) is 5.32 Å². The van der Waals surface area contributed by atoms with E-state index in [4.69, 9.17) is 14.2 Å². The van der Waals surface area contributed by atoms with E-state index in [9.17, 15) is 4.79 Å². The molecule has 138 valence electrons. The first-order valence-electron chi connectivity index (χ1n) is 8.96. The van der Waals surface area contributed by atoms with Crippen LogP contribution < -0.4 is 10.6 Å². The van der Waals surface area contributed by atoms with Crippen LogP contribution in [0.25, 0.3) is 0 Å². The summed E-state index contributed by atoms with van der Waals surface area (Å²) in [4.78, 5) is 11.9. The molecule has 1 amide bonds. The number of nitrogens with one attached hydrogen (secondary N) is 2. The first-order valence-corrected chi connectivity index (χ1v) is 8.96. The lowest BCUT2D eigenvalue weighted by Gasteiger charge is -2.25. The van der Waals surface area contributed by atoms with Crippen LogP contribution in [-0.2, 0) is 20.6 Å². The van der Waals surface area contributed by atoms with Crippen LogP contribution in [0.1, 0.15) is 44.4 Å². The number of amides is 1. The van der Waals surface area contributed by atoms with Gasteiger partial charge >= 0.3 is 6.09 Å². The topological polar surface area (TPSA) is 68.8 Å². The molecule has 0 saturated carbocycles. The summed E-state index contributed by atoms with van der Waals surface area (Å²) in [6, 6.07) is 6.39. The predicted molar refractivity (Wildman–Crippen MR) is 95.9 cm³/mol. The summed E-state index contributed by atoms with van der Waals surface area (Å²) in [5.41, 5.74) is 2.84. The van der Waals surface area contributed by atoms with Crippen LogP contribution in [0.2, 0.25) is 0 Å². The van der Waals surface area contributed by atoms with E-state index in [2.05, 4.69) is 16.7 Å². The third kappa shape index (κ3) is 5.17. The van der Waals surface area contributed by atoms with E-state index in [-0.39, 0.29) is 6.10 Å². The van der Waals surface area contributed by atoms with Gasteiger partial charge < -0.3 is 19.5 Å². The summed E-state index contributed by atoms with van der Waals surface area (Å²) in [5, 5.41) is 6.39. The van der Waals surface area contributed by atoms with Crippen molar-refractivity contribution in [3.05, 3.63) is 29.3 Å². The lowest BCUT2D eigenvalue weighted by Crippen LogP contribution is -2.38. The molecule has 6 heteroatoms. The molecule has 1 fully saturated rings. The quantitative estimate of drug-likeness (QED) is 0.875. The van der Waals surface area contributed by atoms with Crippen molar-refractivity contribution in [3.63, 3.8) is 0 Å². The molecule has 6 nitrogen and oxygen atoms in total. The maximum atomic E-state index is 11.9. The van der Waals surface area contributed by atoms with Crippen LogP contribution in [0, 0.1) is 0 Å². The number of hydrogen-bond donors (Lipinski definition) is 2. The average Bonchev–Trinajstić information content (AvgIpc) is 2.94. The molecule has 1 aromatic rings. The lowest BCUT2D eigenvalue weighted by molar-refractivity contribution is -0.0870. The van der Waals surface area contributed by atoms with Gasteiger partial charge in [0, 0.05) is 18.3 Å². The molecular formula is C19H28N2O4. The molecule has 0 aromatic heterocycles. The van der Waals surface area contributed by atoms with Gasteiger partial charge in [0.1, 0.15) is 5.60 Å². The number of benzene rings is 1. The van der Waals surface area contributed by atoms with Crippen LogP contribution in [0.5, 0.6) is 0 Å². The molecular weight excluding hydrogens is 320 g/mol. The Morgan fingerprint density at radius 3 is 2.88 bits per heavy atom. The van der Waals surface area contributed by atoms with Crippen molar-refractivity contribution < 1.29 is 19.0 Å². The molecule has 0 bridgehead atoms. The first kappa shape index (κ1) is 18.2. The number of ether oxygens (including phenoxy) is 3. The number of anilines is 1. The Labute approximate surface area is 149 Å². The van der Waals surface area contributed by atoms with Gasteiger partial charge in [-0.2, -0.15) is 0 Å². The summed E-state index contributed by atoms with van der Waals surface area (Å²) in [7, 11) is 0. The normalized spacial score (nSPS) is 23.2. The molecule has 1 aliphatic carbocycles. The monoisotopic (exact) mass is 348 g/mol. The number of aryl methyl sites for hydroxylation is 1. The first-order chi connectivity index (χ1) is 11.9. The third-order valence-electron chi connectivity index (χ3n) is 4.34. The van der Waals surface area contributed by atoms with Crippen LogP contribution in [0.15, 0.2) is 18.2 Å². The van der Waals surface area contributed by atoms with Crippen molar-refractivity contribution in [2.75, 3.05) is 31.7 Å². The number of carbonyl (C=O) groups is 1. The van der Waals surface area contributed by atoms with E-state index in [0.29, 0.717) is 25.9 Å². The van der Waals surface area contributed by atoms with Crippen molar-refractivity contribution >= 4 is 11.8 Å². The molecule has 25 heavy (non-hydrogen) atoms. The Hall–Kier alpha value is -1.63. The maximum absolute atomic E-state index is 11.9. The second-order valence-electron chi connectivity index (χ2n) is 7.61. The molecule has 2 aliphatic rings. The largest absolute Gasteiger partial charge is 0.444 e. The van der Waals surface area contributed by atoms with Crippen LogP contribution in [0.4, 0.5) is 10.5 Å². The predicted octanol–water partition coefficient (Wildman–Crippen LogP) is 3.03. The van der Waals surface area contributed by atoms with Gasteiger partial charge in [0.2, 0.25) is 0 Å². The second-order valence-corrected chi connectivity index (χ2v) is 7.61. The summed E-state index contributed by atoms with van der Waals surface area (Å²) in [6.45, 7) is 8.38. The molecule has 0 spiro atoms. The second kappa shape index (κ2) is 7.72. The highest BCUT2D eigenvalue weighted by molar-refractivity contribution is 5.85. The van der Waals surface area contributed by atoms with Gasteiger partial charge in [0.05, 0.1) is 25.9 Å². The molecule has 3 rings (SSSR count). The highest BCUT2D eigenvalue weighted by Crippen LogP contribution is 2.33. The minimum absolute atomic E-state index is 0.130. The molecule has 2 atom stereocenters. The SMILES string of the molecule is CC(C)(C)OC(=O)Nc1ccc2c(c1)CCC2NCC1COCCO1. The minimum atomic E-state index is -0.499. The van der Waals surface area contributed by atoms with Gasteiger partial charge in [0.25, 0.3) is 0 Å². The third-order valence-corrected chi connectivity index (χ3v) is 4.34. The van der Waals surface area contributed by atoms with E-state index >= 15 is 0 Å². The number of rotatable bonds is 4. The zero-order valence-electron chi connectivity index (χ0n) is 15.3. The molecule has 1 heterocycles. The fourth-order valence-corrected chi connectivity index (χ4v) is 3.26. The van der Waals surface area contributed by atoms with Crippen LogP contribution in [0.3, 0.4) is 0 Å². The van der Waals surface area contributed by atoms with Crippen molar-refractivity contribution in [1.29, 1.82) is 0 Å². The average molecular weight is 348 g/mol. The lowest BCUT2D eigenvalue weighted by atomic mass is 10.1. The Kier molecular flexibility index (Phi) is 5.61. The summed E-state index contributed by atoms with van der Waals surface area (Å²) in [5.74, 6) is 0. The van der Waals surface area contributed by atoms with E-state index < -0.39 is 11.7 Å². The van der Waals surface area contributed by atoms with E-state index in [1.165, 1.54) is 11.1 Å². The summed E-state index contributed by atoms with van der Waals surface area (Å²) >= 11 is 0. The Morgan fingerprint density at radius 2 is 2.16 bits per heavy atom. The number of fused-ring (bicyclic) bond motifs is 1. The highest BCUT2D eigenvalue weighted by Gasteiger charge is 2.24. The van der Waals surface area contributed by atoms with Gasteiger partial charge in [0.15, 0.2) is 0 Å². The number of carbonyl (C=O) groups excluding carboxylic acids is 1. The van der Waals surface area contributed by atoms with E-state index in [0.717, 1.165) is 25.1 Å². The Morgan fingerprint density at radius 1 is 1.32 bits per heavy atom. The van der Waals surface area contributed by atoms with Crippen molar-refractivity contribution in [2.45, 2.75) is 51.4 Å². The van der Waals surface area contributed by atoms with Gasteiger partial charge in [-0.1, -0.05) is 6.07 Å². The summed E-state index contributed by atoms with van der Waals surface area (Å²) in [6.07, 6.45) is 1.76. The minimum Gasteiger partial charge on any atom is -0.444 e. The van der Waals surface area contributed by atoms with Gasteiger partial charge in [-0.05, 0) is 56.9 Å². The van der Waals surface area contributed by atoms with E-state index in [1.807, 2.05) is 32.9 Å². The van der Waals surface area contributed by atoms with Crippen molar-refractivity contribution in [3.8, 4) is 0 Å². The molecule has 0 radical (unpaired) electrons. The highest BCUT2D eigenvalue weighted by atomic mass is 16.6. The maximum Gasteiger partial charge on any atom is 0.412 e. The zero-order valence-corrected chi connectivity index (χ0v) is 15.3. The summed E-state index contributed by atoms with van der Waals surface area (Å²) < 4.78 is 16.4. The zero-order chi connectivity index (χ0) is 17.9. The Balaban J connectivity index is 1.55. The number of hydrogen-bond acceptors (Lipinski definition) is 5. The fraction of sp³-hybridized carbons (Fsp3) is 0.632. The molecule has 2 unspecified atom stereocenters. The van der Waals surface area contributed by atoms with Gasteiger partial charge in [-0.15, -0.1) is 0 Å². The standard InChI is InChI=1S/C19H28N2O4/c1-19(2,3)25-18(22)21-14-5-6-16-13(10-14)4-7-17(16)20-11-15-12-23-8-9-24-15/h5-6,10,15,17,20H,4,7-9,11-12H2,1-3H3,(H,21,22). The Bertz CT molecular complexity index is 606. The molecule has 1 saturated heterocycles. The molecule has 2 N–H and O–H groups in total. The van der Waals surface area contributed by atoms with E-state index in [1.54, 1.807) is 0 Å². The van der Waals surface area contributed by atoms with Gasteiger partial charge in [-0.25, -0.2) is 4.79 Å². The van der Waals surface area contributed by atoms with Crippen LogP contribution in [-0.4, -0.2) is 44.2 Å². The molecule has 1 aromatic carbocycles. The molecule has 1 aliphatic heterocycles. The fourth-order valence-electron chi connectivity index (χ4n) is 3.26. The van der Waals surface area contributed by atoms with Crippen molar-refractivity contribution in [1.82, 2.24) is 5.32 Å². The van der Waals surface area contributed by atoms with Crippen LogP contribution >= 0.6 is 0 Å². The van der Waals surface area contributed by atoms with Crippen molar-refractivity contribution in [2.24, 2.45) is 0 Å².